The van der Waals surface area contributed by atoms with Gasteiger partial charge in [-0.05, 0) is 25.5 Å². The van der Waals surface area contributed by atoms with Crippen LogP contribution in [0.3, 0.4) is 0 Å². The second-order valence-electron chi connectivity index (χ2n) is 4.39. The number of ether oxygens (including phenoxy) is 1. The van der Waals surface area contributed by atoms with Crippen molar-refractivity contribution in [2.45, 2.75) is 27.2 Å². The zero-order valence-electron chi connectivity index (χ0n) is 11.9. The van der Waals surface area contributed by atoms with Gasteiger partial charge in [0.25, 0.3) is 0 Å². The second kappa shape index (κ2) is 5.73. The Morgan fingerprint density at radius 2 is 2.15 bits per heavy atom. The summed E-state index contributed by atoms with van der Waals surface area (Å²) in [5.74, 6) is 0.490. The highest BCUT2D eigenvalue weighted by Gasteiger charge is 2.21. The summed E-state index contributed by atoms with van der Waals surface area (Å²) >= 11 is 0. The maximum absolute atomic E-state index is 11.9. The Kier molecular flexibility index (Phi) is 4.02. The Balaban J connectivity index is 2.55. The number of nitrogens with zero attached hydrogens (tertiary/aromatic N) is 3. The van der Waals surface area contributed by atoms with Crippen molar-refractivity contribution >= 4 is 11.8 Å². The summed E-state index contributed by atoms with van der Waals surface area (Å²) in [4.78, 5) is 20.3. The van der Waals surface area contributed by atoms with Crippen molar-refractivity contribution in [2.24, 2.45) is 0 Å². The van der Waals surface area contributed by atoms with E-state index in [9.17, 15) is 4.79 Å². The molecule has 0 atom stereocenters. The van der Waals surface area contributed by atoms with E-state index in [-0.39, 0.29) is 11.5 Å². The molecule has 20 heavy (non-hydrogen) atoms. The summed E-state index contributed by atoms with van der Waals surface area (Å²) in [6, 6.07) is 1.94. The van der Waals surface area contributed by atoms with Crippen molar-refractivity contribution in [2.75, 3.05) is 12.3 Å². The minimum absolute atomic E-state index is 0.158. The molecular weight excluding hydrogens is 256 g/mol. The topological polar surface area (TPSA) is 83.0 Å². The highest BCUT2D eigenvalue weighted by molar-refractivity contribution is 5.92. The summed E-state index contributed by atoms with van der Waals surface area (Å²) < 4.78 is 6.71. The zero-order valence-corrected chi connectivity index (χ0v) is 11.9. The van der Waals surface area contributed by atoms with E-state index in [1.807, 2.05) is 19.9 Å². The summed E-state index contributed by atoms with van der Waals surface area (Å²) in [7, 11) is 0. The van der Waals surface area contributed by atoms with E-state index in [1.165, 1.54) is 0 Å². The Morgan fingerprint density at radius 1 is 1.40 bits per heavy atom. The quantitative estimate of drug-likeness (QED) is 0.861. The fourth-order valence-electron chi connectivity index (χ4n) is 2.02. The molecule has 0 saturated heterocycles. The first-order chi connectivity index (χ1) is 9.58. The van der Waals surface area contributed by atoms with Gasteiger partial charge in [-0.1, -0.05) is 6.92 Å². The van der Waals surface area contributed by atoms with Crippen LogP contribution in [0.5, 0.6) is 0 Å². The fraction of sp³-hybridized carbons (Fsp3) is 0.357. The third kappa shape index (κ3) is 2.49. The minimum atomic E-state index is -0.501. The molecule has 0 fully saturated rings. The van der Waals surface area contributed by atoms with Crippen LogP contribution in [0, 0.1) is 6.92 Å². The van der Waals surface area contributed by atoms with Gasteiger partial charge in [-0.25, -0.2) is 9.78 Å². The smallest absolute Gasteiger partial charge is 0.360 e. The van der Waals surface area contributed by atoms with Crippen LogP contribution in [0.1, 0.15) is 35.7 Å². The number of nitrogen functional groups attached to an aromatic ring is 1. The number of aromatic nitrogens is 3. The summed E-state index contributed by atoms with van der Waals surface area (Å²) in [6.07, 6.45) is 4.10. The third-order valence-electron chi connectivity index (χ3n) is 2.89. The molecule has 106 valence electrons. The van der Waals surface area contributed by atoms with Gasteiger partial charge < -0.3 is 10.5 Å². The van der Waals surface area contributed by atoms with Gasteiger partial charge in [-0.2, -0.15) is 0 Å². The molecule has 0 saturated carbocycles. The molecule has 0 aliphatic carbocycles. The first-order valence-corrected chi connectivity index (χ1v) is 6.54. The van der Waals surface area contributed by atoms with Crippen LogP contribution in [0.2, 0.25) is 0 Å². The van der Waals surface area contributed by atoms with Crippen molar-refractivity contribution in [3.8, 4) is 5.69 Å². The van der Waals surface area contributed by atoms with Crippen molar-refractivity contribution in [1.82, 2.24) is 14.5 Å². The van der Waals surface area contributed by atoms with Crippen molar-refractivity contribution in [3.63, 3.8) is 0 Å². The average Bonchev–Trinajstić information content (AvgIpc) is 2.76. The predicted molar refractivity (Wildman–Crippen MR) is 75.8 cm³/mol. The highest BCUT2D eigenvalue weighted by Crippen LogP contribution is 2.22. The molecule has 6 nitrogen and oxygen atoms in total. The molecule has 0 spiro atoms. The van der Waals surface area contributed by atoms with E-state index in [2.05, 4.69) is 9.97 Å². The van der Waals surface area contributed by atoms with E-state index >= 15 is 0 Å². The number of esters is 1. The molecule has 2 heterocycles. The van der Waals surface area contributed by atoms with Crippen LogP contribution in [0.15, 0.2) is 18.5 Å². The Labute approximate surface area is 117 Å². The highest BCUT2D eigenvalue weighted by atomic mass is 16.5. The molecule has 2 N–H and O–H groups in total. The van der Waals surface area contributed by atoms with Crippen LogP contribution in [0.4, 0.5) is 5.82 Å². The van der Waals surface area contributed by atoms with E-state index in [1.54, 1.807) is 23.9 Å². The molecule has 0 unspecified atom stereocenters. The molecule has 0 aliphatic heterocycles. The predicted octanol–water partition coefficient (Wildman–Crippen LogP) is 1.90. The van der Waals surface area contributed by atoms with Gasteiger partial charge >= 0.3 is 5.97 Å². The molecule has 0 bridgehead atoms. The molecule has 2 aromatic heterocycles. The standard InChI is InChI=1S/C14H18N4O2/c1-4-11-17-12(14(19)20-5-2)13(15)18(11)10-6-9(3)7-16-8-10/h6-8H,4-5,15H2,1-3H3. The maximum atomic E-state index is 11.9. The molecular formula is C14H18N4O2. The van der Waals surface area contributed by atoms with Crippen LogP contribution in [0.25, 0.3) is 5.69 Å². The number of anilines is 1. The normalized spacial score (nSPS) is 10.6. The fourth-order valence-corrected chi connectivity index (χ4v) is 2.02. The van der Waals surface area contributed by atoms with Gasteiger partial charge in [0.15, 0.2) is 5.69 Å². The van der Waals surface area contributed by atoms with Crippen molar-refractivity contribution in [1.29, 1.82) is 0 Å². The number of pyridine rings is 1. The third-order valence-corrected chi connectivity index (χ3v) is 2.89. The molecule has 2 rings (SSSR count). The number of imidazole rings is 1. The van der Waals surface area contributed by atoms with Crippen LogP contribution in [-0.2, 0) is 11.2 Å². The minimum Gasteiger partial charge on any atom is -0.461 e. The van der Waals surface area contributed by atoms with E-state index in [4.69, 9.17) is 10.5 Å². The number of nitrogens with two attached hydrogens (primary N) is 1. The Bertz CT molecular complexity index is 634. The largest absolute Gasteiger partial charge is 0.461 e. The van der Waals surface area contributed by atoms with E-state index in [0.29, 0.717) is 18.9 Å². The number of carbonyl (C=O) groups excluding carboxylic acids is 1. The first kappa shape index (κ1) is 14.0. The molecule has 0 amide bonds. The maximum Gasteiger partial charge on any atom is 0.360 e. The monoisotopic (exact) mass is 274 g/mol. The lowest BCUT2D eigenvalue weighted by atomic mass is 10.3. The number of hydrogen-bond acceptors (Lipinski definition) is 5. The molecule has 6 heteroatoms. The number of rotatable bonds is 4. The SMILES string of the molecule is CCOC(=O)c1nc(CC)n(-c2cncc(C)c2)c1N. The van der Waals surface area contributed by atoms with Gasteiger partial charge in [0.1, 0.15) is 11.6 Å². The average molecular weight is 274 g/mol. The van der Waals surface area contributed by atoms with Crippen molar-refractivity contribution < 1.29 is 9.53 Å². The molecule has 0 radical (unpaired) electrons. The van der Waals surface area contributed by atoms with Crippen LogP contribution < -0.4 is 5.73 Å². The van der Waals surface area contributed by atoms with Crippen LogP contribution in [-0.4, -0.2) is 27.1 Å². The zero-order chi connectivity index (χ0) is 14.7. The summed E-state index contributed by atoms with van der Waals surface area (Å²) in [5, 5.41) is 0. The van der Waals surface area contributed by atoms with Crippen molar-refractivity contribution in [3.05, 3.63) is 35.5 Å². The molecule has 2 aromatic rings. The van der Waals surface area contributed by atoms with Gasteiger partial charge in [0.2, 0.25) is 0 Å². The van der Waals surface area contributed by atoms with Gasteiger partial charge in [-0.15, -0.1) is 0 Å². The summed E-state index contributed by atoms with van der Waals surface area (Å²) in [6.45, 7) is 5.94. The van der Waals surface area contributed by atoms with Gasteiger partial charge in [0.05, 0.1) is 18.5 Å². The first-order valence-electron chi connectivity index (χ1n) is 6.54. The van der Waals surface area contributed by atoms with Gasteiger partial charge in [-0.3, -0.25) is 9.55 Å². The van der Waals surface area contributed by atoms with E-state index < -0.39 is 5.97 Å². The number of aryl methyl sites for hydroxylation is 2. The summed E-state index contributed by atoms with van der Waals surface area (Å²) in [5.41, 5.74) is 8.03. The lowest BCUT2D eigenvalue weighted by molar-refractivity contribution is 0.0521. The Hall–Kier alpha value is -2.37. The lowest BCUT2D eigenvalue weighted by Crippen LogP contribution is -2.09. The number of hydrogen-bond donors (Lipinski definition) is 1. The lowest BCUT2D eigenvalue weighted by Gasteiger charge is -2.09. The number of carbonyl (C=O) groups is 1. The van der Waals surface area contributed by atoms with E-state index in [0.717, 1.165) is 11.3 Å². The Morgan fingerprint density at radius 3 is 2.75 bits per heavy atom. The van der Waals surface area contributed by atoms with Crippen LogP contribution >= 0.6 is 0 Å². The molecule has 0 aromatic carbocycles. The second-order valence-corrected chi connectivity index (χ2v) is 4.39. The van der Waals surface area contributed by atoms with Gasteiger partial charge in [0, 0.05) is 12.6 Å². The molecule has 0 aliphatic rings.